The zero-order valence-corrected chi connectivity index (χ0v) is 9.04. The third-order valence-corrected chi connectivity index (χ3v) is 2.41. The SMILES string of the molecule is O=C1CC/C=C\CCCCCCC(=O)O1. The number of ether oxygens (including phenoxy) is 1. The molecule has 0 bridgehead atoms. The molecule has 15 heavy (non-hydrogen) atoms. The van der Waals surface area contributed by atoms with Crippen LogP contribution in [0.15, 0.2) is 12.2 Å². The summed E-state index contributed by atoms with van der Waals surface area (Å²) in [5.74, 6) is -0.771. The van der Waals surface area contributed by atoms with Gasteiger partial charge < -0.3 is 4.74 Å². The fraction of sp³-hybridized carbons (Fsp3) is 0.667. The Hall–Kier alpha value is -1.12. The molecule has 1 aliphatic rings. The Bertz CT molecular complexity index is 243. The van der Waals surface area contributed by atoms with Gasteiger partial charge in [-0.25, -0.2) is 0 Å². The van der Waals surface area contributed by atoms with E-state index >= 15 is 0 Å². The molecule has 3 nitrogen and oxygen atoms in total. The van der Waals surface area contributed by atoms with Crippen LogP contribution in [0.4, 0.5) is 0 Å². The second kappa shape index (κ2) is 7.21. The maximum atomic E-state index is 11.1. The summed E-state index contributed by atoms with van der Waals surface area (Å²) in [5.41, 5.74) is 0. The Balaban J connectivity index is 2.37. The number of hydrogen-bond acceptors (Lipinski definition) is 3. The maximum Gasteiger partial charge on any atom is 0.313 e. The van der Waals surface area contributed by atoms with E-state index in [1.807, 2.05) is 6.08 Å². The first kappa shape index (κ1) is 12.0. The molecule has 0 aromatic carbocycles. The average molecular weight is 210 g/mol. The van der Waals surface area contributed by atoms with Gasteiger partial charge in [-0.1, -0.05) is 25.0 Å². The number of allylic oxidation sites excluding steroid dienone is 2. The Morgan fingerprint density at radius 3 is 2.33 bits per heavy atom. The van der Waals surface area contributed by atoms with Crippen molar-refractivity contribution in [2.75, 3.05) is 0 Å². The predicted octanol–water partition coefficient (Wildman–Crippen LogP) is 2.75. The van der Waals surface area contributed by atoms with Crippen LogP contribution in [0.25, 0.3) is 0 Å². The first-order valence-corrected chi connectivity index (χ1v) is 5.67. The molecule has 0 saturated heterocycles. The molecular weight excluding hydrogens is 192 g/mol. The van der Waals surface area contributed by atoms with Crippen molar-refractivity contribution in [3.63, 3.8) is 0 Å². The summed E-state index contributed by atoms with van der Waals surface area (Å²) >= 11 is 0. The largest absolute Gasteiger partial charge is 0.393 e. The molecular formula is C12H18O3. The van der Waals surface area contributed by atoms with Crippen molar-refractivity contribution in [1.29, 1.82) is 0 Å². The first-order chi connectivity index (χ1) is 7.29. The summed E-state index contributed by atoms with van der Waals surface area (Å²) in [6, 6.07) is 0. The van der Waals surface area contributed by atoms with E-state index in [0.717, 1.165) is 25.7 Å². The number of cyclic esters (lactones) is 2. The van der Waals surface area contributed by atoms with Crippen LogP contribution >= 0.6 is 0 Å². The number of hydrogen-bond donors (Lipinski definition) is 0. The molecule has 0 spiro atoms. The lowest BCUT2D eigenvalue weighted by Crippen LogP contribution is -2.11. The van der Waals surface area contributed by atoms with Crippen LogP contribution in [-0.2, 0) is 14.3 Å². The van der Waals surface area contributed by atoms with Gasteiger partial charge in [0, 0.05) is 12.8 Å². The van der Waals surface area contributed by atoms with Gasteiger partial charge in [-0.05, 0) is 25.7 Å². The van der Waals surface area contributed by atoms with Crippen molar-refractivity contribution in [1.82, 2.24) is 0 Å². The molecule has 3 heteroatoms. The third kappa shape index (κ3) is 6.05. The molecule has 0 aliphatic carbocycles. The molecule has 0 unspecified atom stereocenters. The quantitative estimate of drug-likeness (QED) is 0.351. The van der Waals surface area contributed by atoms with E-state index in [-0.39, 0.29) is 5.97 Å². The van der Waals surface area contributed by atoms with Crippen molar-refractivity contribution < 1.29 is 14.3 Å². The zero-order chi connectivity index (χ0) is 10.9. The molecule has 0 saturated carbocycles. The molecule has 0 N–H and O–H groups in total. The van der Waals surface area contributed by atoms with E-state index < -0.39 is 5.97 Å². The summed E-state index contributed by atoms with van der Waals surface area (Å²) in [6.07, 6.45) is 10.7. The van der Waals surface area contributed by atoms with Gasteiger partial charge in [0.15, 0.2) is 0 Å². The van der Waals surface area contributed by atoms with Gasteiger partial charge in [-0.2, -0.15) is 0 Å². The van der Waals surface area contributed by atoms with Crippen molar-refractivity contribution >= 4 is 11.9 Å². The van der Waals surface area contributed by atoms with Crippen LogP contribution < -0.4 is 0 Å². The molecule has 0 atom stereocenters. The fourth-order valence-electron chi connectivity index (χ4n) is 1.55. The smallest absolute Gasteiger partial charge is 0.313 e. The minimum absolute atomic E-state index is 0.308. The highest BCUT2D eigenvalue weighted by Crippen LogP contribution is 2.08. The van der Waals surface area contributed by atoms with Gasteiger partial charge in [-0.15, -0.1) is 0 Å². The van der Waals surface area contributed by atoms with E-state index in [9.17, 15) is 9.59 Å². The molecule has 0 aromatic rings. The van der Waals surface area contributed by atoms with Crippen molar-refractivity contribution in [3.05, 3.63) is 12.2 Å². The summed E-state index contributed by atoms with van der Waals surface area (Å²) < 4.78 is 4.65. The lowest BCUT2D eigenvalue weighted by molar-refractivity contribution is -0.159. The van der Waals surface area contributed by atoms with Gasteiger partial charge >= 0.3 is 11.9 Å². The molecule has 0 radical (unpaired) electrons. The van der Waals surface area contributed by atoms with Crippen LogP contribution in [0.2, 0.25) is 0 Å². The highest BCUT2D eigenvalue weighted by molar-refractivity contribution is 5.85. The Morgan fingerprint density at radius 2 is 1.47 bits per heavy atom. The van der Waals surface area contributed by atoms with E-state index in [1.54, 1.807) is 0 Å². The van der Waals surface area contributed by atoms with Crippen LogP contribution in [-0.4, -0.2) is 11.9 Å². The molecule has 0 amide bonds. The minimum Gasteiger partial charge on any atom is -0.393 e. The minimum atomic E-state index is -0.399. The molecule has 1 rings (SSSR count). The molecule has 1 aliphatic heterocycles. The lowest BCUT2D eigenvalue weighted by Gasteiger charge is -2.01. The number of rotatable bonds is 0. The fourth-order valence-corrected chi connectivity index (χ4v) is 1.55. The highest BCUT2D eigenvalue weighted by atomic mass is 16.6. The number of carbonyl (C=O) groups excluding carboxylic acids is 2. The Labute approximate surface area is 90.5 Å². The van der Waals surface area contributed by atoms with Gasteiger partial charge in [0.1, 0.15) is 0 Å². The van der Waals surface area contributed by atoms with Crippen LogP contribution in [0.3, 0.4) is 0 Å². The van der Waals surface area contributed by atoms with Crippen molar-refractivity contribution in [2.45, 2.75) is 51.4 Å². The van der Waals surface area contributed by atoms with Crippen molar-refractivity contribution in [3.8, 4) is 0 Å². The van der Waals surface area contributed by atoms with Crippen molar-refractivity contribution in [2.24, 2.45) is 0 Å². The van der Waals surface area contributed by atoms with Crippen LogP contribution in [0, 0.1) is 0 Å². The molecule has 1 heterocycles. The second-order valence-corrected chi connectivity index (χ2v) is 3.81. The summed E-state index contributed by atoms with van der Waals surface area (Å²) in [5, 5.41) is 0. The highest BCUT2D eigenvalue weighted by Gasteiger charge is 2.09. The van der Waals surface area contributed by atoms with Gasteiger partial charge in [0.25, 0.3) is 0 Å². The molecule has 84 valence electrons. The topological polar surface area (TPSA) is 43.4 Å². The average Bonchev–Trinajstić information content (AvgIpc) is 2.21. The number of esters is 2. The molecule has 0 aromatic heterocycles. The lowest BCUT2D eigenvalue weighted by atomic mass is 10.1. The van der Waals surface area contributed by atoms with E-state index in [2.05, 4.69) is 10.8 Å². The monoisotopic (exact) mass is 210 g/mol. The van der Waals surface area contributed by atoms with E-state index in [1.165, 1.54) is 6.42 Å². The van der Waals surface area contributed by atoms with Crippen LogP contribution in [0.5, 0.6) is 0 Å². The zero-order valence-electron chi connectivity index (χ0n) is 9.04. The maximum absolute atomic E-state index is 11.1. The van der Waals surface area contributed by atoms with Crippen LogP contribution in [0.1, 0.15) is 51.4 Å². The molecule has 0 fully saturated rings. The summed E-state index contributed by atoms with van der Waals surface area (Å²) in [4.78, 5) is 22.3. The van der Waals surface area contributed by atoms with Gasteiger partial charge in [0.2, 0.25) is 0 Å². The summed E-state index contributed by atoms with van der Waals surface area (Å²) in [7, 11) is 0. The second-order valence-electron chi connectivity index (χ2n) is 3.81. The number of carbonyl (C=O) groups is 2. The normalized spacial score (nSPS) is 23.2. The Morgan fingerprint density at radius 1 is 0.800 bits per heavy atom. The summed E-state index contributed by atoms with van der Waals surface area (Å²) in [6.45, 7) is 0. The predicted molar refractivity (Wildman–Crippen MR) is 57.2 cm³/mol. The standard InChI is InChI=1S/C12H18O3/c13-11-9-7-5-3-1-2-4-6-8-10-12(14)15-11/h3,5H,1-2,4,6-10H2/b5-3-. The van der Waals surface area contributed by atoms with Gasteiger partial charge in [0.05, 0.1) is 0 Å². The van der Waals surface area contributed by atoms with E-state index in [4.69, 9.17) is 0 Å². The third-order valence-electron chi connectivity index (χ3n) is 2.41. The van der Waals surface area contributed by atoms with Gasteiger partial charge in [-0.3, -0.25) is 9.59 Å². The first-order valence-electron chi connectivity index (χ1n) is 5.67. The van der Waals surface area contributed by atoms with E-state index in [0.29, 0.717) is 19.3 Å². The Kier molecular flexibility index (Phi) is 5.74.